The number of imide groups is 1. The molecule has 1 aliphatic rings. The van der Waals surface area contributed by atoms with E-state index >= 15 is 0 Å². The van der Waals surface area contributed by atoms with Gasteiger partial charge in [0.2, 0.25) is 5.72 Å². The number of allylic oxidation sites excluding steroid dienone is 1. The van der Waals surface area contributed by atoms with Gasteiger partial charge in [-0.3, -0.25) is 14.6 Å². The lowest BCUT2D eigenvalue weighted by Gasteiger charge is -2.27. The summed E-state index contributed by atoms with van der Waals surface area (Å²) in [6.45, 7) is 5.66. The Balaban J connectivity index is 3.06. The van der Waals surface area contributed by atoms with Gasteiger partial charge in [0.05, 0.1) is 0 Å². The van der Waals surface area contributed by atoms with Crippen molar-refractivity contribution in [3.63, 3.8) is 0 Å². The van der Waals surface area contributed by atoms with Crippen LogP contribution in [0, 0.1) is 0 Å². The molecule has 1 rings (SSSR count). The van der Waals surface area contributed by atoms with E-state index in [0.29, 0.717) is 0 Å². The maximum atomic E-state index is 11.8. The number of amides is 3. The van der Waals surface area contributed by atoms with E-state index in [1.807, 2.05) is 20.8 Å². The minimum Gasteiger partial charge on any atom is -0.363 e. The number of carbonyl (C=O) groups is 2. The van der Waals surface area contributed by atoms with Gasteiger partial charge in [-0.15, -0.1) is 0 Å². The Kier molecular flexibility index (Phi) is 3.10. The zero-order valence-electron chi connectivity index (χ0n) is 10.4. The Bertz CT molecular complexity index is 371. The van der Waals surface area contributed by atoms with Gasteiger partial charge in [0.1, 0.15) is 0 Å². The van der Waals surface area contributed by atoms with Gasteiger partial charge >= 0.3 is 6.03 Å². The van der Waals surface area contributed by atoms with Crippen molar-refractivity contribution in [1.82, 2.24) is 9.80 Å². The molecule has 1 unspecified atom stereocenters. The van der Waals surface area contributed by atoms with Crippen molar-refractivity contribution in [2.75, 3.05) is 14.1 Å². The summed E-state index contributed by atoms with van der Waals surface area (Å²) in [5, 5.41) is 10.3. The second-order valence-corrected chi connectivity index (χ2v) is 4.48. The molecule has 5 nitrogen and oxygen atoms in total. The molecular weight excluding hydrogens is 208 g/mol. The minimum absolute atomic E-state index is 0.154. The summed E-state index contributed by atoms with van der Waals surface area (Å²) in [5.41, 5.74) is 0.218. The molecule has 1 heterocycles. The number of likely N-dealkylation sites (N-methyl/N-ethyl adjacent to an activating group) is 2. The third-order valence-corrected chi connectivity index (χ3v) is 3.14. The summed E-state index contributed by atoms with van der Waals surface area (Å²) in [6.07, 6.45) is 0.154. The number of urea groups is 1. The highest BCUT2D eigenvalue weighted by Crippen LogP contribution is 2.29. The van der Waals surface area contributed by atoms with Crippen molar-refractivity contribution in [3.05, 3.63) is 11.1 Å². The Hall–Kier alpha value is -1.36. The molecule has 0 radical (unpaired) electrons. The van der Waals surface area contributed by atoms with Crippen molar-refractivity contribution in [2.45, 2.75) is 32.9 Å². The van der Waals surface area contributed by atoms with Crippen LogP contribution in [0.2, 0.25) is 0 Å². The van der Waals surface area contributed by atoms with E-state index in [1.54, 1.807) is 0 Å². The van der Waals surface area contributed by atoms with Gasteiger partial charge in [-0.05, 0) is 20.8 Å². The van der Waals surface area contributed by atoms with E-state index in [9.17, 15) is 14.7 Å². The molecule has 1 N–H and O–H groups in total. The molecule has 0 aromatic rings. The van der Waals surface area contributed by atoms with Crippen LogP contribution >= 0.6 is 0 Å². The lowest BCUT2D eigenvalue weighted by atomic mass is 9.99. The molecule has 1 aliphatic heterocycles. The Morgan fingerprint density at radius 3 is 2.06 bits per heavy atom. The largest absolute Gasteiger partial charge is 0.363 e. The first kappa shape index (κ1) is 12.7. The van der Waals surface area contributed by atoms with Gasteiger partial charge in [-0.2, -0.15) is 0 Å². The van der Waals surface area contributed by atoms with Crippen LogP contribution in [0.15, 0.2) is 11.1 Å². The smallest absolute Gasteiger partial charge is 0.328 e. The second-order valence-electron chi connectivity index (χ2n) is 4.48. The first-order valence-corrected chi connectivity index (χ1v) is 5.13. The summed E-state index contributed by atoms with van der Waals surface area (Å²) >= 11 is 0. The summed E-state index contributed by atoms with van der Waals surface area (Å²) in [7, 11) is 2.80. The first-order valence-electron chi connectivity index (χ1n) is 5.13. The standard InChI is InChI=1S/C11H18N2O3/c1-7(2)8(3)6-11(16)9(14)12(4)10(15)13(11)5/h16H,6H2,1-5H3. The molecule has 0 saturated carbocycles. The average molecular weight is 226 g/mol. The van der Waals surface area contributed by atoms with Crippen LogP contribution in [0.5, 0.6) is 0 Å². The highest BCUT2D eigenvalue weighted by molar-refractivity contribution is 6.05. The van der Waals surface area contributed by atoms with Crippen molar-refractivity contribution in [3.8, 4) is 0 Å². The molecule has 1 saturated heterocycles. The fourth-order valence-electron chi connectivity index (χ4n) is 1.62. The molecule has 1 fully saturated rings. The number of carbonyl (C=O) groups excluding carboxylic acids is 2. The van der Waals surface area contributed by atoms with Crippen LogP contribution in [0.1, 0.15) is 27.2 Å². The quantitative estimate of drug-likeness (QED) is 0.563. The third kappa shape index (κ3) is 1.71. The zero-order valence-corrected chi connectivity index (χ0v) is 10.4. The van der Waals surface area contributed by atoms with Crippen LogP contribution in [0.4, 0.5) is 4.79 Å². The average Bonchev–Trinajstić information content (AvgIpc) is 2.35. The van der Waals surface area contributed by atoms with Gasteiger partial charge in [0.15, 0.2) is 0 Å². The van der Waals surface area contributed by atoms with E-state index in [4.69, 9.17) is 0 Å². The van der Waals surface area contributed by atoms with Crippen LogP contribution in [0.3, 0.4) is 0 Å². The molecule has 0 bridgehead atoms. The highest BCUT2D eigenvalue weighted by atomic mass is 16.3. The van der Waals surface area contributed by atoms with Gasteiger partial charge < -0.3 is 5.11 Å². The van der Waals surface area contributed by atoms with Crippen molar-refractivity contribution in [2.24, 2.45) is 0 Å². The maximum Gasteiger partial charge on any atom is 0.328 e. The monoisotopic (exact) mass is 226 g/mol. The van der Waals surface area contributed by atoms with Crippen LogP contribution in [-0.2, 0) is 4.79 Å². The van der Waals surface area contributed by atoms with Crippen molar-refractivity contribution in [1.29, 1.82) is 0 Å². The van der Waals surface area contributed by atoms with Crippen molar-refractivity contribution >= 4 is 11.9 Å². The molecular formula is C11H18N2O3. The van der Waals surface area contributed by atoms with E-state index < -0.39 is 17.7 Å². The van der Waals surface area contributed by atoms with E-state index in [0.717, 1.165) is 20.9 Å². The Labute approximate surface area is 95.3 Å². The molecule has 0 aliphatic carbocycles. The van der Waals surface area contributed by atoms with Crippen LogP contribution < -0.4 is 0 Å². The van der Waals surface area contributed by atoms with Gasteiger partial charge in [0, 0.05) is 20.5 Å². The van der Waals surface area contributed by atoms with E-state index in [2.05, 4.69) is 0 Å². The van der Waals surface area contributed by atoms with Gasteiger partial charge in [-0.25, -0.2) is 4.79 Å². The molecule has 0 spiro atoms. The van der Waals surface area contributed by atoms with Crippen molar-refractivity contribution < 1.29 is 14.7 Å². The number of hydrogen-bond donors (Lipinski definition) is 1. The molecule has 1 atom stereocenters. The maximum absolute atomic E-state index is 11.8. The fraction of sp³-hybridized carbons (Fsp3) is 0.636. The van der Waals surface area contributed by atoms with Gasteiger partial charge in [0.25, 0.3) is 5.91 Å². The summed E-state index contributed by atoms with van der Waals surface area (Å²) < 4.78 is 0. The molecule has 90 valence electrons. The second kappa shape index (κ2) is 3.90. The lowest BCUT2D eigenvalue weighted by Crippen LogP contribution is -2.47. The van der Waals surface area contributed by atoms with E-state index in [-0.39, 0.29) is 6.42 Å². The zero-order chi connectivity index (χ0) is 12.7. The topological polar surface area (TPSA) is 60.9 Å². The molecule has 0 aromatic carbocycles. The molecule has 16 heavy (non-hydrogen) atoms. The number of hydrogen-bond acceptors (Lipinski definition) is 3. The molecule has 0 aromatic heterocycles. The van der Waals surface area contributed by atoms with Crippen LogP contribution in [-0.4, -0.2) is 46.7 Å². The summed E-state index contributed by atoms with van der Waals surface area (Å²) in [4.78, 5) is 25.4. The third-order valence-electron chi connectivity index (χ3n) is 3.14. The minimum atomic E-state index is -1.73. The predicted octanol–water partition coefficient (Wildman–Crippen LogP) is 0.945. The van der Waals surface area contributed by atoms with Gasteiger partial charge in [-0.1, -0.05) is 11.1 Å². The molecule has 5 heteroatoms. The normalized spacial score (nSPS) is 25.4. The molecule has 3 amide bonds. The predicted molar refractivity (Wildman–Crippen MR) is 59.5 cm³/mol. The fourth-order valence-corrected chi connectivity index (χ4v) is 1.62. The summed E-state index contributed by atoms with van der Waals surface area (Å²) in [5.74, 6) is -0.569. The first-order chi connectivity index (χ1) is 7.21. The lowest BCUT2D eigenvalue weighted by molar-refractivity contribution is -0.150. The number of aliphatic hydroxyl groups is 1. The van der Waals surface area contributed by atoms with E-state index in [1.165, 1.54) is 14.1 Å². The Morgan fingerprint density at radius 2 is 1.75 bits per heavy atom. The number of rotatable bonds is 2. The highest BCUT2D eigenvalue weighted by Gasteiger charge is 2.53. The number of nitrogens with zero attached hydrogens (tertiary/aromatic N) is 2. The Morgan fingerprint density at radius 1 is 1.25 bits per heavy atom. The SMILES string of the molecule is CC(C)=C(C)CC1(O)C(=O)N(C)C(=O)N1C. The summed E-state index contributed by atoms with van der Waals surface area (Å²) in [6, 6.07) is -0.478. The van der Waals surface area contributed by atoms with Crippen LogP contribution in [0.25, 0.3) is 0 Å².